The standard InChI is InChI=1S/C14H18N6O4S2/c15-10-11(22)19-4-14(13(23)24,6-26-12(10)19)5-25-9-1-2-16-8-3-18(7-21)17-20(8)9/h1-3,10,12,17,21H,4-7,15H2,(H,23,24)/t10?,12-,14?/m1/s1. The minimum Gasteiger partial charge on any atom is -0.481 e. The average molecular weight is 398 g/mol. The molecule has 10 nitrogen and oxygen atoms in total. The number of amides is 1. The molecule has 3 atom stereocenters. The van der Waals surface area contributed by atoms with Gasteiger partial charge in [0.2, 0.25) is 5.91 Å². The van der Waals surface area contributed by atoms with Crippen molar-refractivity contribution in [2.75, 3.05) is 24.8 Å². The van der Waals surface area contributed by atoms with Crippen LogP contribution in [0.15, 0.2) is 28.1 Å². The lowest BCUT2D eigenvalue weighted by atomic mass is 9.89. The van der Waals surface area contributed by atoms with Crippen LogP contribution >= 0.6 is 23.5 Å². The number of hydrazine groups is 2. The molecule has 0 aromatic rings. The summed E-state index contributed by atoms with van der Waals surface area (Å²) in [5, 5.41) is 22.9. The van der Waals surface area contributed by atoms with Gasteiger partial charge in [-0.15, -0.1) is 29.1 Å². The van der Waals surface area contributed by atoms with Crippen molar-refractivity contribution in [1.82, 2.24) is 20.5 Å². The Bertz CT molecular complexity index is 743. The summed E-state index contributed by atoms with van der Waals surface area (Å²) in [6.45, 7) is -0.0539. The molecule has 0 radical (unpaired) electrons. The Hall–Kier alpha value is -1.73. The Morgan fingerprint density at radius 3 is 3.12 bits per heavy atom. The highest BCUT2D eigenvalue weighted by Crippen LogP contribution is 2.44. The lowest BCUT2D eigenvalue weighted by molar-refractivity contribution is -0.155. The van der Waals surface area contributed by atoms with Gasteiger partial charge in [-0.25, -0.2) is 10.0 Å². The van der Waals surface area contributed by atoms with Crippen molar-refractivity contribution in [3.63, 3.8) is 0 Å². The number of carbonyl (C=O) groups is 2. The largest absolute Gasteiger partial charge is 0.481 e. The van der Waals surface area contributed by atoms with Crippen LogP contribution in [0.2, 0.25) is 0 Å². The number of allylic oxidation sites excluding steroid dienone is 1. The maximum Gasteiger partial charge on any atom is 0.313 e. The molecule has 2 fully saturated rings. The number of fused-ring (bicyclic) bond motifs is 2. The number of carboxylic acids is 1. The van der Waals surface area contributed by atoms with E-state index in [4.69, 9.17) is 5.73 Å². The second-order valence-electron chi connectivity index (χ2n) is 6.38. The highest BCUT2D eigenvalue weighted by molar-refractivity contribution is 8.03. The molecule has 0 saturated carbocycles. The zero-order valence-electron chi connectivity index (χ0n) is 13.6. The number of aliphatic imine (C=N–C) groups is 1. The molecule has 140 valence electrons. The Morgan fingerprint density at radius 2 is 2.38 bits per heavy atom. The van der Waals surface area contributed by atoms with Crippen LogP contribution < -0.4 is 11.3 Å². The minimum atomic E-state index is -1.04. The number of β-lactam (4-membered cyclic amide) rings is 1. The highest BCUT2D eigenvalue weighted by Gasteiger charge is 2.55. The Morgan fingerprint density at radius 1 is 1.58 bits per heavy atom. The normalized spacial score (nSPS) is 32.7. The first-order valence-electron chi connectivity index (χ1n) is 7.89. The molecular weight excluding hydrogens is 380 g/mol. The van der Waals surface area contributed by atoms with Crippen LogP contribution in [0.5, 0.6) is 0 Å². The smallest absolute Gasteiger partial charge is 0.313 e. The van der Waals surface area contributed by atoms with Crippen molar-refractivity contribution in [3.8, 4) is 0 Å². The molecule has 4 aliphatic rings. The number of nitrogens with zero attached hydrogens (tertiary/aromatic N) is 4. The second-order valence-corrected chi connectivity index (χ2v) is 8.49. The Labute approximate surface area is 157 Å². The van der Waals surface area contributed by atoms with E-state index >= 15 is 0 Å². The van der Waals surface area contributed by atoms with Gasteiger partial charge in [0, 0.05) is 24.3 Å². The highest BCUT2D eigenvalue weighted by atomic mass is 32.2. The van der Waals surface area contributed by atoms with Crippen molar-refractivity contribution >= 4 is 41.6 Å². The zero-order chi connectivity index (χ0) is 18.5. The molecule has 2 saturated heterocycles. The monoisotopic (exact) mass is 398 g/mol. The van der Waals surface area contributed by atoms with Crippen LogP contribution in [0, 0.1) is 5.41 Å². The Balaban J connectivity index is 1.46. The molecule has 4 aliphatic heterocycles. The van der Waals surface area contributed by atoms with Gasteiger partial charge in [-0.1, -0.05) is 0 Å². The topological polar surface area (TPSA) is 135 Å². The summed E-state index contributed by atoms with van der Waals surface area (Å²) in [5.74, 6) is 0.196. The molecule has 4 heterocycles. The number of rotatable bonds is 5. The van der Waals surface area contributed by atoms with Crippen molar-refractivity contribution in [2.24, 2.45) is 16.1 Å². The number of aliphatic hydroxyl groups excluding tert-OH is 1. The molecule has 5 N–H and O–H groups in total. The second kappa shape index (κ2) is 6.46. The summed E-state index contributed by atoms with van der Waals surface area (Å²) < 4.78 is 0. The third kappa shape index (κ3) is 2.68. The van der Waals surface area contributed by atoms with Gasteiger partial charge in [0.05, 0.1) is 11.2 Å². The van der Waals surface area contributed by atoms with Gasteiger partial charge in [0.25, 0.3) is 0 Å². The fraction of sp³-hybridized carbons (Fsp3) is 0.500. The first kappa shape index (κ1) is 17.7. The molecule has 0 aromatic carbocycles. The number of carboxylic acid groups (broad SMARTS) is 1. The number of aliphatic hydroxyl groups is 1. The quantitative estimate of drug-likeness (QED) is 0.416. The average Bonchev–Trinajstić information content (AvgIpc) is 3.09. The van der Waals surface area contributed by atoms with Crippen molar-refractivity contribution in [2.45, 2.75) is 11.4 Å². The van der Waals surface area contributed by atoms with Crippen LogP contribution in [0.25, 0.3) is 0 Å². The van der Waals surface area contributed by atoms with E-state index in [1.165, 1.54) is 28.5 Å². The summed E-state index contributed by atoms with van der Waals surface area (Å²) in [4.78, 5) is 29.7. The number of hydrogen-bond donors (Lipinski definition) is 4. The molecule has 4 rings (SSSR count). The summed E-state index contributed by atoms with van der Waals surface area (Å²) in [6, 6.07) is -0.525. The van der Waals surface area contributed by atoms with E-state index < -0.39 is 17.4 Å². The van der Waals surface area contributed by atoms with Crippen molar-refractivity contribution in [3.05, 3.63) is 23.1 Å². The van der Waals surface area contributed by atoms with E-state index in [9.17, 15) is 19.8 Å². The molecule has 0 aliphatic carbocycles. The van der Waals surface area contributed by atoms with Gasteiger partial charge >= 0.3 is 5.97 Å². The molecule has 0 bridgehead atoms. The van der Waals surface area contributed by atoms with Gasteiger partial charge in [-0.05, 0) is 6.08 Å². The summed E-state index contributed by atoms with van der Waals surface area (Å²) >= 11 is 2.80. The summed E-state index contributed by atoms with van der Waals surface area (Å²) in [6.07, 6.45) is 5.05. The molecule has 1 amide bonds. The number of nitrogens with one attached hydrogen (secondary N) is 1. The van der Waals surface area contributed by atoms with Crippen LogP contribution in [0.3, 0.4) is 0 Å². The van der Waals surface area contributed by atoms with Gasteiger partial charge in [-0.2, -0.15) is 0 Å². The molecule has 0 spiro atoms. The number of aliphatic carboxylic acids is 1. The van der Waals surface area contributed by atoms with Gasteiger partial charge in [0.1, 0.15) is 23.6 Å². The predicted molar refractivity (Wildman–Crippen MR) is 97.0 cm³/mol. The van der Waals surface area contributed by atoms with Crippen LogP contribution in [0.1, 0.15) is 0 Å². The van der Waals surface area contributed by atoms with Crippen LogP contribution in [0.4, 0.5) is 0 Å². The summed E-state index contributed by atoms with van der Waals surface area (Å²) in [5.41, 5.74) is 7.69. The number of thioether (sulfide) groups is 2. The molecule has 2 unspecified atom stereocenters. The number of carbonyl (C=O) groups excluding carboxylic acids is 1. The fourth-order valence-corrected chi connectivity index (χ4v) is 5.89. The molecule has 0 aromatic heterocycles. The summed E-state index contributed by atoms with van der Waals surface area (Å²) in [7, 11) is 0. The van der Waals surface area contributed by atoms with Gasteiger partial charge < -0.3 is 20.8 Å². The molecule has 26 heavy (non-hydrogen) atoms. The lowest BCUT2D eigenvalue weighted by Gasteiger charge is -2.52. The lowest BCUT2D eigenvalue weighted by Crippen LogP contribution is -2.72. The zero-order valence-corrected chi connectivity index (χ0v) is 15.2. The van der Waals surface area contributed by atoms with E-state index in [0.29, 0.717) is 17.3 Å². The third-order valence-corrected chi connectivity index (χ3v) is 7.58. The van der Waals surface area contributed by atoms with E-state index in [1.807, 2.05) is 0 Å². The number of nitrogens with two attached hydrogens (primary N) is 1. The van der Waals surface area contributed by atoms with Crippen molar-refractivity contribution < 1.29 is 19.8 Å². The number of hydrogen-bond acceptors (Lipinski definition) is 10. The maximum absolute atomic E-state index is 12.0. The van der Waals surface area contributed by atoms with Crippen molar-refractivity contribution in [1.29, 1.82) is 0 Å². The van der Waals surface area contributed by atoms with E-state index in [1.54, 1.807) is 28.4 Å². The molecule has 12 heteroatoms. The maximum atomic E-state index is 12.0. The first-order chi connectivity index (χ1) is 12.4. The SMILES string of the molecule is NC1C(=O)N2CC(CSC3=CC=NC4=CN(CO)NN43)(C(=O)O)CS[C@H]12. The Kier molecular flexibility index (Phi) is 4.39. The van der Waals surface area contributed by atoms with E-state index in [0.717, 1.165) is 5.03 Å². The first-order valence-corrected chi connectivity index (χ1v) is 9.92. The minimum absolute atomic E-state index is 0.117. The van der Waals surface area contributed by atoms with Crippen LogP contribution in [-0.2, 0) is 9.59 Å². The van der Waals surface area contributed by atoms with Crippen LogP contribution in [-0.4, -0.2) is 79.4 Å². The fourth-order valence-electron chi connectivity index (χ4n) is 3.12. The van der Waals surface area contributed by atoms with Gasteiger partial charge in [-0.3, -0.25) is 14.6 Å². The van der Waals surface area contributed by atoms with Gasteiger partial charge in [0.15, 0.2) is 5.82 Å². The predicted octanol–water partition coefficient (Wildman–Crippen LogP) is -1.26. The van der Waals surface area contributed by atoms with E-state index in [-0.39, 0.29) is 24.6 Å². The molecular formula is C14H18N6O4S2. The third-order valence-electron chi connectivity index (χ3n) is 4.66. The van der Waals surface area contributed by atoms with E-state index in [2.05, 4.69) is 10.5 Å².